The third-order valence-corrected chi connectivity index (χ3v) is 3.90. The standard InChI is InChI=1S/C13H17N5S/c1-9-15-13-12(17(9)7-8-19-2)10-5-3-4-6-11(10)16-18(13)14/h3-6,16H,7-8,14H2,1-2H3. The zero-order valence-electron chi connectivity index (χ0n) is 11.1. The van der Waals surface area contributed by atoms with Crippen LogP contribution < -0.4 is 16.4 Å². The minimum absolute atomic E-state index is 0.789. The van der Waals surface area contributed by atoms with E-state index >= 15 is 0 Å². The van der Waals surface area contributed by atoms with Gasteiger partial charge >= 0.3 is 0 Å². The van der Waals surface area contributed by atoms with Crippen LogP contribution in [0.5, 0.6) is 0 Å². The van der Waals surface area contributed by atoms with Crippen molar-refractivity contribution in [1.29, 1.82) is 0 Å². The Labute approximate surface area is 116 Å². The van der Waals surface area contributed by atoms with Crippen molar-refractivity contribution >= 4 is 23.3 Å². The molecule has 3 rings (SSSR count). The normalized spacial score (nSPS) is 12.9. The molecule has 3 N–H and O–H groups in total. The fourth-order valence-corrected chi connectivity index (χ4v) is 2.77. The van der Waals surface area contributed by atoms with E-state index in [0.29, 0.717) is 0 Å². The lowest BCUT2D eigenvalue weighted by atomic mass is 10.1. The van der Waals surface area contributed by atoms with E-state index in [-0.39, 0.29) is 0 Å². The third kappa shape index (κ3) is 1.97. The van der Waals surface area contributed by atoms with Crippen LogP contribution in [0.4, 0.5) is 11.5 Å². The van der Waals surface area contributed by atoms with E-state index < -0.39 is 0 Å². The second-order valence-electron chi connectivity index (χ2n) is 4.50. The second-order valence-corrected chi connectivity index (χ2v) is 5.49. The van der Waals surface area contributed by atoms with Gasteiger partial charge in [-0.15, -0.1) is 0 Å². The molecular weight excluding hydrogens is 258 g/mol. The molecule has 0 amide bonds. The molecule has 0 saturated carbocycles. The number of para-hydroxylation sites is 1. The highest BCUT2D eigenvalue weighted by molar-refractivity contribution is 7.98. The number of aromatic nitrogens is 2. The molecule has 0 atom stereocenters. The Morgan fingerprint density at radius 1 is 1.37 bits per heavy atom. The number of hydrogen-bond acceptors (Lipinski definition) is 5. The quantitative estimate of drug-likeness (QED) is 0.841. The zero-order valence-corrected chi connectivity index (χ0v) is 11.9. The molecule has 0 fully saturated rings. The highest BCUT2D eigenvalue weighted by Crippen LogP contribution is 2.39. The topological polar surface area (TPSA) is 59.1 Å². The maximum atomic E-state index is 6.01. The number of nitrogens with zero attached hydrogens (tertiary/aromatic N) is 3. The second kappa shape index (κ2) is 4.79. The van der Waals surface area contributed by atoms with Crippen LogP contribution in [0.15, 0.2) is 24.3 Å². The minimum Gasteiger partial charge on any atom is -0.325 e. The number of benzene rings is 1. The predicted octanol–water partition coefficient (Wildman–Crippen LogP) is 2.24. The van der Waals surface area contributed by atoms with Crippen LogP contribution in [0, 0.1) is 6.92 Å². The van der Waals surface area contributed by atoms with Crippen molar-refractivity contribution in [2.75, 3.05) is 22.6 Å². The Morgan fingerprint density at radius 3 is 2.95 bits per heavy atom. The minimum atomic E-state index is 0.789. The molecule has 1 aliphatic heterocycles. The summed E-state index contributed by atoms with van der Waals surface area (Å²) in [5, 5.41) is 1.50. The molecule has 0 spiro atoms. The number of thioether (sulfide) groups is 1. The molecule has 1 aromatic heterocycles. The molecule has 100 valence electrons. The first-order valence-corrected chi connectivity index (χ1v) is 7.58. The van der Waals surface area contributed by atoms with Crippen LogP contribution in [0.2, 0.25) is 0 Å². The molecule has 0 bridgehead atoms. The SMILES string of the molecule is CSCCn1c(C)nc2c1-c1ccccc1NN2N. The number of hydrazine groups is 2. The molecule has 19 heavy (non-hydrogen) atoms. The number of imidazole rings is 1. The van der Waals surface area contributed by atoms with Gasteiger partial charge in [0.15, 0.2) is 5.82 Å². The number of nitrogens with two attached hydrogens (primary N) is 1. The van der Waals surface area contributed by atoms with Gasteiger partial charge in [-0.05, 0) is 19.2 Å². The van der Waals surface area contributed by atoms with E-state index in [2.05, 4.69) is 27.3 Å². The van der Waals surface area contributed by atoms with Crippen LogP contribution in [0.1, 0.15) is 5.82 Å². The molecule has 5 nitrogen and oxygen atoms in total. The average Bonchev–Trinajstić information content (AvgIpc) is 2.74. The lowest BCUT2D eigenvalue weighted by molar-refractivity contribution is 0.745. The van der Waals surface area contributed by atoms with Gasteiger partial charge in [0.05, 0.1) is 11.4 Å². The van der Waals surface area contributed by atoms with E-state index in [9.17, 15) is 0 Å². The zero-order chi connectivity index (χ0) is 13.4. The molecule has 1 aliphatic rings. The molecule has 0 unspecified atom stereocenters. The summed E-state index contributed by atoms with van der Waals surface area (Å²) in [5.41, 5.74) is 6.41. The van der Waals surface area contributed by atoms with Gasteiger partial charge in [0.25, 0.3) is 0 Å². The van der Waals surface area contributed by atoms with Crippen molar-refractivity contribution in [2.45, 2.75) is 13.5 Å². The van der Waals surface area contributed by atoms with Crippen molar-refractivity contribution in [2.24, 2.45) is 5.84 Å². The van der Waals surface area contributed by atoms with Crippen molar-refractivity contribution in [3.63, 3.8) is 0 Å². The lowest BCUT2D eigenvalue weighted by Crippen LogP contribution is -2.39. The fraction of sp³-hybridized carbons (Fsp3) is 0.308. The van der Waals surface area contributed by atoms with Gasteiger partial charge in [-0.1, -0.05) is 18.2 Å². The molecule has 0 aliphatic carbocycles. The number of hydrogen-bond donors (Lipinski definition) is 2. The summed E-state index contributed by atoms with van der Waals surface area (Å²) >= 11 is 1.83. The van der Waals surface area contributed by atoms with E-state index in [1.165, 1.54) is 5.12 Å². The molecule has 2 aromatic rings. The van der Waals surface area contributed by atoms with E-state index in [1.54, 1.807) is 0 Å². The predicted molar refractivity (Wildman–Crippen MR) is 81.1 cm³/mol. The summed E-state index contributed by atoms with van der Waals surface area (Å²) in [5.74, 6) is 8.86. The van der Waals surface area contributed by atoms with Crippen molar-refractivity contribution in [3.05, 3.63) is 30.1 Å². The summed E-state index contributed by atoms with van der Waals surface area (Å²) in [6.07, 6.45) is 2.11. The van der Waals surface area contributed by atoms with Crippen LogP contribution >= 0.6 is 11.8 Å². The van der Waals surface area contributed by atoms with Gasteiger partial charge in [-0.3, -0.25) is 5.43 Å². The smallest absolute Gasteiger partial charge is 0.190 e. The number of aryl methyl sites for hydroxylation is 1. The molecule has 1 aromatic carbocycles. The van der Waals surface area contributed by atoms with E-state index in [0.717, 1.165) is 40.9 Å². The molecule has 6 heteroatoms. The molecular formula is C13H17N5S. The summed E-state index contributed by atoms with van der Waals surface area (Å²) in [6.45, 7) is 2.96. The van der Waals surface area contributed by atoms with Crippen LogP contribution in [0.25, 0.3) is 11.3 Å². The summed E-state index contributed by atoms with van der Waals surface area (Å²) < 4.78 is 2.24. The Kier molecular flexibility index (Phi) is 3.12. The number of fused-ring (bicyclic) bond motifs is 3. The average molecular weight is 275 g/mol. The Hall–Kier alpha value is -1.66. The number of nitrogens with one attached hydrogen (secondary N) is 1. The first-order chi connectivity index (χ1) is 9.22. The van der Waals surface area contributed by atoms with E-state index in [1.807, 2.05) is 36.9 Å². The molecule has 2 heterocycles. The van der Waals surface area contributed by atoms with Gasteiger partial charge in [0, 0.05) is 17.9 Å². The van der Waals surface area contributed by atoms with Gasteiger partial charge < -0.3 is 4.57 Å². The van der Waals surface area contributed by atoms with Gasteiger partial charge in [-0.25, -0.2) is 15.9 Å². The largest absolute Gasteiger partial charge is 0.325 e. The van der Waals surface area contributed by atoms with Crippen molar-refractivity contribution < 1.29 is 0 Å². The Morgan fingerprint density at radius 2 is 2.16 bits per heavy atom. The summed E-state index contributed by atoms with van der Waals surface area (Å²) in [6, 6.07) is 8.17. The number of anilines is 2. The molecule has 0 radical (unpaired) electrons. The first-order valence-electron chi connectivity index (χ1n) is 6.19. The van der Waals surface area contributed by atoms with Crippen LogP contribution in [-0.4, -0.2) is 21.6 Å². The first kappa shape index (κ1) is 12.4. The Bertz CT molecular complexity index is 607. The van der Waals surface area contributed by atoms with E-state index in [4.69, 9.17) is 5.84 Å². The van der Waals surface area contributed by atoms with Crippen LogP contribution in [-0.2, 0) is 6.54 Å². The highest BCUT2D eigenvalue weighted by Gasteiger charge is 2.26. The van der Waals surface area contributed by atoms with Crippen molar-refractivity contribution in [3.8, 4) is 11.3 Å². The number of rotatable bonds is 3. The molecule has 0 saturated heterocycles. The lowest BCUT2D eigenvalue weighted by Gasteiger charge is -2.27. The third-order valence-electron chi connectivity index (χ3n) is 3.31. The fourth-order valence-electron chi connectivity index (χ4n) is 2.41. The summed E-state index contributed by atoms with van der Waals surface area (Å²) in [7, 11) is 0. The van der Waals surface area contributed by atoms with Crippen molar-refractivity contribution in [1.82, 2.24) is 9.55 Å². The highest BCUT2D eigenvalue weighted by atomic mass is 32.2. The van der Waals surface area contributed by atoms with Crippen LogP contribution in [0.3, 0.4) is 0 Å². The monoisotopic (exact) mass is 275 g/mol. The Balaban J connectivity index is 2.17. The summed E-state index contributed by atoms with van der Waals surface area (Å²) in [4.78, 5) is 4.58. The van der Waals surface area contributed by atoms with Gasteiger partial charge in [0.2, 0.25) is 0 Å². The maximum absolute atomic E-state index is 6.01. The maximum Gasteiger partial charge on any atom is 0.190 e. The van der Waals surface area contributed by atoms with Gasteiger partial charge in [0.1, 0.15) is 5.82 Å². The van der Waals surface area contributed by atoms with Gasteiger partial charge in [-0.2, -0.15) is 11.8 Å².